The van der Waals surface area contributed by atoms with E-state index in [1.807, 2.05) is 22.2 Å². The third-order valence-electron chi connectivity index (χ3n) is 2.68. The highest BCUT2D eigenvalue weighted by Gasteiger charge is 2.08. The molecule has 6 heteroatoms. The molecule has 0 saturated heterocycles. The average molecular weight is 269 g/mol. The molecule has 0 spiro atoms. The Morgan fingerprint density at radius 2 is 2.33 bits per heavy atom. The fraction of sp³-hybridized carbons (Fsp3) is 0.583. The minimum Gasteiger partial charge on any atom is -0.382 e. The first-order chi connectivity index (χ1) is 8.79. The second-order valence-electron chi connectivity index (χ2n) is 4.18. The van der Waals surface area contributed by atoms with Crippen LogP contribution >= 0.6 is 11.3 Å². The van der Waals surface area contributed by atoms with Gasteiger partial charge in [-0.25, -0.2) is 4.98 Å². The van der Waals surface area contributed by atoms with Crippen LogP contribution in [0.1, 0.15) is 12.1 Å². The van der Waals surface area contributed by atoms with Crippen molar-refractivity contribution in [3.63, 3.8) is 0 Å². The van der Waals surface area contributed by atoms with Crippen LogP contribution in [0.2, 0.25) is 0 Å². The number of methoxy groups -OCH3 is 1. The minimum atomic E-state index is 0.0946. The van der Waals surface area contributed by atoms with Gasteiger partial charge in [0.1, 0.15) is 0 Å². The van der Waals surface area contributed by atoms with E-state index in [-0.39, 0.29) is 6.04 Å². The molecule has 2 N–H and O–H groups in total. The lowest BCUT2D eigenvalue weighted by atomic mass is 10.1. The van der Waals surface area contributed by atoms with Gasteiger partial charge in [0.25, 0.3) is 0 Å². The number of fused-ring (bicyclic) bond motifs is 1. The molecule has 2 aromatic heterocycles. The predicted octanol–water partition coefficient (Wildman–Crippen LogP) is 1.32. The largest absolute Gasteiger partial charge is 0.382 e. The predicted molar refractivity (Wildman–Crippen MR) is 72.1 cm³/mol. The first-order valence-electron chi connectivity index (χ1n) is 6.03. The highest BCUT2D eigenvalue weighted by Crippen LogP contribution is 2.12. The van der Waals surface area contributed by atoms with Crippen molar-refractivity contribution in [3.8, 4) is 0 Å². The van der Waals surface area contributed by atoms with Gasteiger partial charge in [-0.1, -0.05) is 0 Å². The van der Waals surface area contributed by atoms with Crippen molar-refractivity contribution in [3.05, 3.63) is 23.5 Å². The van der Waals surface area contributed by atoms with Crippen LogP contribution in [-0.2, 0) is 15.9 Å². The molecule has 100 valence electrons. The van der Waals surface area contributed by atoms with Crippen LogP contribution in [0.4, 0.5) is 0 Å². The molecule has 0 radical (unpaired) electrons. The van der Waals surface area contributed by atoms with E-state index in [0.717, 1.165) is 23.5 Å². The van der Waals surface area contributed by atoms with Gasteiger partial charge in [0, 0.05) is 44.0 Å². The summed E-state index contributed by atoms with van der Waals surface area (Å²) in [6.45, 7) is 1.93. The summed E-state index contributed by atoms with van der Waals surface area (Å²) in [6, 6.07) is 0.0946. The summed E-state index contributed by atoms with van der Waals surface area (Å²) >= 11 is 1.63. The van der Waals surface area contributed by atoms with E-state index in [9.17, 15) is 0 Å². The van der Waals surface area contributed by atoms with E-state index in [4.69, 9.17) is 15.2 Å². The maximum Gasteiger partial charge on any atom is 0.193 e. The van der Waals surface area contributed by atoms with Crippen LogP contribution in [0.3, 0.4) is 0 Å². The number of nitrogens with two attached hydrogens (primary N) is 1. The van der Waals surface area contributed by atoms with Gasteiger partial charge in [-0.2, -0.15) is 0 Å². The second kappa shape index (κ2) is 6.84. The number of rotatable bonds is 8. The number of ether oxygens (including phenoxy) is 2. The Morgan fingerprint density at radius 1 is 1.44 bits per heavy atom. The van der Waals surface area contributed by atoms with E-state index >= 15 is 0 Å². The van der Waals surface area contributed by atoms with Crippen LogP contribution < -0.4 is 5.73 Å². The molecule has 1 atom stereocenters. The number of imidazole rings is 1. The lowest BCUT2D eigenvalue weighted by Crippen LogP contribution is -2.25. The zero-order valence-electron chi connectivity index (χ0n) is 10.5. The molecule has 0 aliphatic heterocycles. The maximum absolute atomic E-state index is 6.05. The molecule has 18 heavy (non-hydrogen) atoms. The molecule has 0 aromatic carbocycles. The number of nitrogens with zero attached hydrogens (tertiary/aromatic N) is 2. The summed E-state index contributed by atoms with van der Waals surface area (Å²) in [7, 11) is 1.67. The van der Waals surface area contributed by atoms with Crippen molar-refractivity contribution in [2.24, 2.45) is 5.73 Å². The molecule has 2 aromatic rings. The van der Waals surface area contributed by atoms with E-state index in [0.29, 0.717) is 19.8 Å². The van der Waals surface area contributed by atoms with Crippen molar-refractivity contribution in [1.29, 1.82) is 0 Å². The lowest BCUT2D eigenvalue weighted by molar-refractivity contribution is 0.0672. The Morgan fingerprint density at radius 3 is 3.11 bits per heavy atom. The van der Waals surface area contributed by atoms with Crippen molar-refractivity contribution in [2.45, 2.75) is 18.9 Å². The zero-order valence-corrected chi connectivity index (χ0v) is 11.4. The Balaban J connectivity index is 1.70. The molecule has 0 aliphatic rings. The minimum absolute atomic E-state index is 0.0946. The number of hydrogen-bond acceptors (Lipinski definition) is 5. The Kier molecular flexibility index (Phi) is 5.12. The third kappa shape index (κ3) is 3.78. The summed E-state index contributed by atoms with van der Waals surface area (Å²) in [4.78, 5) is 5.53. The summed E-state index contributed by atoms with van der Waals surface area (Å²) in [5.74, 6) is 0. The van der Waals surface area contributed by atoms with E-state index < -0.39 is 0 Å². The summed E-state index contributed by atoms with van der Waals surface area (Å²) in [5, 5.41) is 2.02. The van der Waals surface area contributed by atoms with Crippen molar-refractivity contribution in [2.75, 3.05) is 26.9 Å². The topological polar surface area (TPSA) is 61.8 Å². The van der Waals surface area contributed by atoms with E-state index in [1.165, 1.54) is 0 Å². The van der Waals surface area contributed by atoms with Gasteiger partial charge in [0.05, 0.1) is 18.9 Å². The van der Waals surface area contributed by atoms with Crippen molar-refractivity contribution < 1.29 is 9.47 Å². The third-order valence-corrected chi connectivity index (χ3v) is 3.45. The zero-order chi connectivity index (χ0) is 12.8. The molecule has 0 aliphatic carbocycles. The molecular formula is C12H19N3O2S. The molecule has 0 fully saturated rings. The average Bonchev–Trinajstić information content (AvgIpc) is 2.89. The van der Waals surface area contributed by atoms with Gasteiger partial charge in [-0.15, -0.1) is 11.3 Å². The van der Waals surface area contributed by atoms with Crippen LogP contribution in [0.5, 0.6) is 0 Å². The standard InChI is InChI=1S/C12H19N3O2S/c1-16-5-6-17-4-2-10(13)8-11-9-15-3-7-18-12(15)14-11/h3,7,9-10H,2,4-6,8,13H2,1H3. The first-order valence-corrected chi connectivity index (χ1v) is 6.91. The molecule has 0 bridgehead atoms. The van der Waals surface area contributed by atoms with E-state index in [2.05, 4.69) is 4.98 Å². The van der Waals surface area contributed by atoms with Crippen molar-refractivity contribution >= 4 is 16.3 Å². The molecule has 0 amide bonds. The highest BCUT2D eigenvalue weighted by atomic mass is 32.1. The lowest BCUT2D eigenvalue weighted by Gasteiger charge is -2.10. The normalized spacial score (nSPS) is 13.2. The van der Waals surface area contributed by atoms with Crippen LogP contribution in [0.15, 0.2) is 17.8 Å². The first kappa shape index (κ1) is 13.5. The second-order valence-corrected chi connectivity index (χ2v) is 5.06. The van der Waals surface area contributed by atoms with Crippen LogP contribution in [0.25, 0.3) is 4.96 Å². The fourth-order valence-corrected chi connectivity index (χ4v) is 2.44. The SMILES string of the molecule is COCCOCCC(N)Cc1cn2ccsc2n1. The van der Waals surface area contributed by atoms with Gasteiger partial charge in [-0.3, -0.25) is 4.40 Å². The number of thiazole rings is 1. The fourth-order valence-electron chi connectivity index (χ4n) is 1.72. The molecule has 1 unspecified atom stereocenters. The molecule has 2 heterocycles. The summed E-state index contributed by atoms with van der Waals surface area (Å²) in [6.07, 6.45) is 5.68. The molecular weight excluding hydrogens is 250 g/mol. The summed E-state index contributed by atoms with van der Waals surface area (Å²) < 4.78 is 12.3. The van der Waals surface area contributed by atoms with Gasteiger partial charge < -0.3 is 15.2 Å². The van der Waals surface area contributed by atoms with Crippen LogP contribution in [-0.4, -0.2) is 42.4 Å². The number of aromatic nitrogens is 2. The van der Waals surface area contributed by atoms with E-state index in [1.54, 1.807) is 18.4 Å². The monoisotopic (exact) mass is 269 g/mol. The smallest absolute Gasteiger partial charge is 0.193 e. The maximum atomic E-state index is 6.05. The quantitative estimate of drug-likeness (QED) is 0.734. The van der Waals surface area contributed by atoms with Gasteiger partial charge in [-0.05, 0) is 6.42 Å². The highest BCUT2D eigenvalue weighted by molar-refractivity contribution is 7.15. The van der Waals surface area contributed by atoms with Gasteiger partial charge in [0.2, 0.25) is 0 Å². The Hall–Kier alpha value is -0.950. The summed E-state index contributed by atoms with van der Waals surface area (Å²) in [5.41, 5.74) is 7.10. The Bertz CT molecular complexity index is 440. The number of hydrogen-bond donors (Lipinski definition) is 1. The van der Waals surface area contributed by atoms with Gasteiger partial charge >= 0.3 is 0 Å². The molecule has 0 saturated carbocycles. The Labute approximate surface area is 111 Å². The van der Waals surface area contributed by atoms with Crippen molar-refractivity contribution in [1.82, 2.24) is 9.38 Å². The van der Waals surface area contributed by atoms with Crippen LogP contribution in [0, 0.1) is 0 Å². The molecule has 5 nitrogen and oxygen atoms in total. The van der Waals surface area contributed by atoms with Gasteiger partial charge in [0.15, 0.2) is 4.96 Å². The molecule has 2 rings (SSSR count).